The van der Waals surface area contributed by atoms with E-state index in [1.165, 1.54) is 0 Å². The number of hydrogen-bond donors (Lipinski definition) is 1. The fourth-order valence-corrected chi connectivity index (χ4v) is 4.29. The molecule has 1 aromatic rings. The largest absolute Gasteiger partial charge is 0.355 e. The van der Waals surface area contributed by atoms with E-state index in [4.69, 9.17) is 4.98 Å². The molecule has 2 heterocycles. The molecule has 0 unspecified atom stereocenters. The van der Waals surface area contributed by atoms with Gasteiger partial charge in [-0.25, -0.2) is 4.98 Å². The Morgan fingerprint density at radius 3 is 2.88 bits per heavy atom. The molecule has 0 aromatic carbocycles. The molecule has 5 nitrogen and oxygen atoms in total. The topological polar surface area (TPSA) is 62.3 Å². The molecule has 0 radical (unpaired) electrons. The maximum Gasteiger partial charge on any atom is 0.223 e. The van der Waals surface area contributed by atoms with E-state index in [1.807, 2.05) is 4.90 Å². The number of hydrogen-bond acceptors (Lipinski definition) is 4. The first-order valence-corrected chi connectivity index (χ1v) is 10.4. The number of aromatic nitrogens is 1. The summed E-state index contributed by atoms with van der Waals surface area (Å²) >= 11 is 1.70. The molecule has 0 bridgehead atoms. The second-order valence-corrected chi connectivity index (χ2v) is 8.66. The molecule has 2 fully saturated rings. The lowest BCUT2D eigenvalue weighted by molar-refractivity contribution is -0.133. The molecule has 6 heteroatoms. The first-order valence-electron chi connectivity index (χ1n) is 9.52. The SMILES string of the molecule is CC(C)CC(=O)N1CCC[C@H](c2nc(CCNC(=O)C3CC3)cs2)C1. The monoisotopic (exact) mass is 363 g/mol. The van der Waals surface area contributed by atoms with Crippen molar-refractivity contribution in [1.29, 1.82) is 0 Å². The van der Waals surface area contributed by atoms with Crippen LogP contribution in [0.1, 0.15) is 62.6 Å². The van der Waals surface area contributed by atoms with Crippen LogP contribution in [0.2, 0.25) is 0 Å². The van der Waals surface area contributed by atoms with Gasteiger partial charge in [-0.2, -0.15) is 0 Å². The highest BCUT2D eigenvalue weighted by Crippen LogP contribution is 2.30. The summed E-state index contributed by atoms with van der Waals surface area (Å²) in [6.45, 7) is 6.54. The van der Waals surface area contributed by atoms with Crippen molar-refractivity contribution in [3.05, 3.63) is 16.1 Å². The summed E-state index contributed by atoms with van der Waals surface area (Å²) in [6, 6.07) is 0. The predicted octanol–water partition coefficient (Wildman–Crippen LogP) is 2.96. The molecule has 2 amide bonds. The Kier molecular flexibility index (Phi) is 6.10. The molecular weight excluding hydrogens is 334 g/mol. The van der Waals surface area contributed by atoms with Gasteiger partial charge in [0, 0.05) is 49.7 Å². The number of rotatable bonds is 7. The van der Waals surface area contributed by atoms with Gasteiger partial charge in [-0.1, -0.05) is 13.8 Å². The molecule has 2 aliphatic rings. The molecule has 1 saturated carbocycles. The van der Waals surface area contributed by atoms with E-state index in [0.29, 0.717) is 24.8 Å². The maximum atomic E-state index is 12.3. The molecule has 25 heavy (non-hydrogen) atoms. The van der Waals surface area contributed by atoms with Crippen LogP contribution in [-0.2, 0) is 16.0 Å². The Balaban J connectivity index is 1.48. The van der Waals surface area contributed by atoms with Gasteiger partial charge in [0.1, 0.15) is 0 Å². The van der Waals surface area contributed by atoms with Crippen LogP contribution in [-0.4, -0.2) is 41.3 Å². The van der Waals surface area contributed by atoms with Crippen LogP contribution in [0.15, 0.2) is 5.38 Å². The number of nitrogens with one attached hydrogen (secondary N) is 1. The molecule has 1 N–H and O–H groups in total. The summed E-state index contributed by atoms with van der Waals surface area (Å²) < 4.78 is 0. The normalized spacial score (nSPS) is 20.8. The second kappa shape index (κ2) is 8.30. The highest BCUT2D eigenvalue weighted by molar-refractivity contribution is 7.09. The van der Waals surface area contributed by atoms with E-state index in [0.717, 1.165) is 55.9 Å². The van der Waals surface area contributed by atoms with Crippen LogP contribution < -0.4 is 5.32 Å². The van der Waals surface area contributed by atoms with E-state index < -0.39 is 0 Å². The van der Waals surface area contributed by atoms with E-state index in [2.05, 4.69) is 24.5 Å². The predicted molar refractivity (Wildman–Crippen MR) is 99.6 cm³/mol. The number of nitrogens with zero attached hydrogens (tertiary/aromatic N) is 2. The Hall–Kier alpha value is -1.43. The third-order valence-electron chi connectivity index (χ3n) is 4.90. The number of piperidine rings is 1. The van der Waals surface area contributed by atoms with Gasteiger partial charge in [0.25, 0.3) is 0 Å². The van der Waals surface area contributed by atoms with Crippen LogP contribution in [0.3, 0.4) is 0 Å². The highest BCUT2D eigenvalue weighted by atomic mass is 32.1. The van der Waals surface area contributed by atoms with Crippen LogP contribution in [0.4, 0.5) is 0 Å². The lowest BCUT2D eigenvalue weighted by Crippen LogP contribution is -2.39. The van der Waals surface area contributed by atoms with Crippen LogP contribution in [0, 0.1) is 11.8 Å². The van der Waals surface area contributed by atoms with E-state index >= 15 is 0 Å². The van der Waals surface area contributed by atoms with Gasteiger partial charge in [0.2, 0.25) is 11.8 Å². The first-order chi connectivity index (χ1) is 12.0. The fourth-order valence-electron chi connectivity index (χ4n) is 3.31. The van der Waals surface area contributed by atoms with Crippen molar-refractivity contribution in [3.63, 3.8) is 0 Å². The Morgan fingerprint density at radius 2 is 2.16 bits per heavy atom. The molecule has 0 spiro atoms. The quantitative estimate of drug-likeness (QED) is 0.810. The Bertz CT molecular complexity index is 610. The first kappa shape index (κ1) is 18.4. The van der Waals surface area contributed by atoms with Gasteiger partial charge in [0.15, 0.2) is 0 Å². The lowest BCUT2D eigenvalue weighted by Gasteiger charge is -2.32. The van der Waals surface area contributed by atoms with Gasteiger partial charge in [-0.05, 0) is 31.6 Å². The van der Waals surface area contributed by atoms with E-state index in [-0.39, 0.29) is 17.7 Å². The van der Waals surface area contributed by atoms with Crippen molar-refractivity contribution in [1.82, 2.24) is 15.2 Å². The third-order valence-corrected chi connectivity index (χ3v) is 5.96. The van der Waals surface area contributed by atoms with Gasteiger partial charge < -0.3 is 10.2 Å². The van der Waals surface area contributed by atoms with Crippen molar-refractivity contribution in [2.75, 3.05) is 19.6 Å². The second-order valence-electron chi connectivity index (χ2n) is 7.77. The van der Waals surface area contributed by atoms with E-state index in [9.17, 15) is 9.59 Å². The number of carbonyl (C=O) groups is 2. The summed E-state index contributed by atoms with van der Waals surface area (Å²) in [4.78, 5) is 30.8. The van der Waals surface area contributed by atoms with Gasteiger partial charge in [-0.3, -0.25) is 9.59 Å². The summed E-state index contributed by atoms with van der Waals surface area (Å²) in [6.07, 6.45) is 5.67. The minimum atomic E-state index is 0.196. The fraction of sp³-hybridized carbons (Fsp3) is 0.737. The van der Waals surface area contributed by atoms with E-state index in [1.54, 1.807) is 11.3 Å². The zero-order chi connectivity index (χ0) is 17.8. The maximum absolute atomic E-state index is 12.3. The molecular formula is C19H29N3O2S. The standard InChI is InChI=1S/C19H29N3O2S/c1-13(2)10-17(23)22-9-3-4-15(11-22)19-21-16(12-25-19)7-8-20-18(24)14-5-6-14/h12-15H,3-11H2,1-2H3,(H,20,24)/t15-/m0/s1. The average Bonchev–Trinajstić information content (AvgIpc) is 3.33. The minimum absolute atomic E-state index is 0.196. The van der Waals surface area contributed by atoms with Gasteiger partial charge in [0.05, 0.1) is 10.7 Å². The third kappa shape index (κ3) is 5.27. The summed E-state index contributed by atoms with van der Waals surface area (Å²) in [5, 5.41) is 6.24. The molecule has 138 valence electrons. The Morgan fingerprint density at radius 1 is 1.36 bits per heavy atom. The number of likely N-dealkylation sites (tertiary alicyclic amines) is 1. The van der Waals surface area contributed by atoms with Crippen molar-refractivity contribution in [3.8, 4) is 0 Å². The van der Waals surface area contributed by atoms with Crippen LogP contribution in [0.5, 0.6) is 0 Å². The Labute approximate surface area is 154 Å². The molecule has 1 aliphatic heterocycles. The minimum Gasteiger partial charge on any atom is -0.355 e. The zero-order valence-corrected chi connectivity index (χ0v) is 16.1. The number of thiazole rings is 1. The van der Waals surface area contributed by atoms with Crippen LogP contribution >= 0.6 is 11.3 Å². The number of carbonyl (C=O) groups excluding carboxylic acids is 2. The zero-order valence-electron chi connectivity index (χ0n) is 15.3. The average molecular weight is 364 g/mol. The molecule has 1 atom stereocenters. The summed E-state index contributed by atoms with van der Waals surface area (Å²) in [7, 11) is 0. The smallest absolute Gasteiger partial charge is 0.223 e. The van der Waals surface area contributed by atoms with Gasteiger partial charge in [-0.15, -0.1) is 11.3 Å². The molecule has 1 aromatic heterocycles. The van der Waals surface area contributed by atoms with Crippen molar-refractivity contribution in [2.24, 2.45) is 11.8 Å². The molecule has 3 rings (SSSR count). The highest BCUT2D eigenvalue weighted by Gasteiger charge is 2.29. The van der Waals surface area contributed by atoms with Crippen LogP contribution in [0.25, 0.3) is 0 Å². The number of amides is 2. The van der Waals surface area contributed by atoms with Gasteiger partial charge >= 0.3 is 0 Å². The van der Waals surface area contributed by atoms with Crippen molar-refractivity contribution < 1.29 is 9.59 Å². The van der Waals surface area contributed by atoms with Crippen molar-refractivity contribution >= 4 is 23.2 Å². The summed E-state index contributed by atoms with van der Waals surface area (Å²) in [5.74, 6) is 1.51. The summed E-state index contributed by atoms with van der Waals surface area (Å²) in [5.41, 5.74) is 1.06. The molecule has 1 saturated heterocycles. The lowest BCUT2D eigenvalue weighted by atomic mass is 9.97. The van der Waals surface area contributed by atoms with Crippen molar-refractivity contribution in [2.45, 2.75) is 58.3 Å². The molecule has 1 aliphatic carbocycles.